The Morgan fingerprint density at radius 1 is 1.15 bits per heavy atom. The van der Waals surface area contributed by atoms with E-state index in [1.54, 1.807) is 6.20 Å². The van der Waals surface area contributed by atoms with Crippen molar-refractivity contribution >= 4 is 16.8 Å². The Morgan fingerprint density at radius 3 is 2.70 bits per heavy atom. The van der Waals surface area contributed by atoms with Gasteiger partial charge in [-0.1, -0.05) is 6.07 Å². The summed E-state index contributed by atoms with van der Waals surface area (Å²) in [5.74, 6) is 2.56. The molecule has 4 aliphatic rings. The molecule has 2 bridgehead atoms. The van der Waals surface area contributed by atoms with E-state index >= 15 is 0 Å². The first kappa shape index (κ1) is 16.9. The highest BCUT2D eigenvalue weighted by atomic mass is 32.2. The molecule has 0 radical (unpaired) electrons. The minimum atomic E-state index is -1.07. The summed E-state index contributed by atoms with van der Waals surface area (Å²) >= 11 is 0. The molecule has 27 heavy (non-hydrogen) atoms. The smallest absolute Gasteiger partial charge is 0.142 e. The Labute approximate surface area is 162 Å². The number of rotatable bonds is 4. The van der Waals surface area contributed by atoms with Gasteiger partial charge in [-0.3, -0.25) is 4.98 Å². The van der Waals surface area contributed by atoms with Crippen molar-refractivity contribution in [3.05, 3.63) is 48.7 Å². The zero-order valence-corrected chi connectivity index (χ0v) is 16.0. The van der Waals surface area contributed by atoms with Gasteiger partial charge in [-0.05, 0) is 62.1 Å². The van der Waals surface area contributed by atoms with Crippen LogP contribution in [0.25, 0.3) is 11.3 Å². The number of pyridine rings is 1. The Bertz CT molecular complexity index is 874. The summed E-state index contributed by atoms with van der Waals surface area (Å²) in [4.78, 5) is 6.79. The lowest BCUT2D eigenvalue weighted by Gasteiger charge is -2.54. The molecule has 140 valence electrons. The van der Waals surface area contributed by atoms with Gasteiger partial charge in [0.1, 0.15) is 29.2 Å². The topological polar surface area (TPSA) is 54.8 Å². The number of benzene rings is 1. The van der Waals surface area contributed by atoms with Gasteiger partial charge in [0.2, 0.25) is 0 Å². The first-order valence-electron chi connectivity index (χ1n) is 9.62. The second-order valence-corrected chi connectivity index (χ2v) is 8.91. The van der Waals surface area contributed by atoms with E-state index < -0.39 is 11.0 Å². The standard InChI is InChI=1S/C21H23N3O2S/c25-27-14-13-24-17-8-10-21(11-9-17,20(24)23-27)15-26-18-6-4-16(5-7-18)19-3-1-2-12-22-19/h1-7,12,17H,8-11,13-15H2. The number of amidine groups is 1. The van der Waals surface area contributed by atoms with Crippen LogP contribution in [0.4, 0.5) is 0 Å². The van der Waals surface area contributed by atoms with E-state index in [2.05, 4.69) is 14.3 Å². The van der Waals surface area contributed by atoms with Crippen molar-refractivity contribution in [2.75, 3.05) is 18.9 Å². The summed E-state index contributed by atoms with van der Waals surface area (Å²) in [6.07, 6.45) is 6.34. The molecule has 3 aliphatic heterocycles. The molecule has 1 aromatic heterocycles. The molecule has 0 spiro atoms. The summed E-state index contributed by atoms with van der Waals surface area (Å²) < 4.78 is 22.8. The van der Waals surface area contributed by atoms with Crippen LogP contribution in [-0.4, -0.2) is 44.9 Å². The molecule has 2 aromatic rings. The number of nitrogens with zero attached hydrogens (tertiary/aromatic N) is 3. The Balaban J connectivity index is 1.34. The molecule has 2 saturated heterocycles. The van der Waals surface area contributed by atoms with Crippen LogP contribution in [0, 0.1) is 5.41 Å². The van der Waals surface area contributed by atoms with Crippen LogP contribution in [0.3, 0.4) is 0 Å². The van der Waals surface area contributed by atoms with Crippen molar-refractivity contribution in [3.8, 4) is 17.0 Å². The van der Waals surface area contributed by atoms with Gasteiger partial charge >= 0.3 is 0 Å². The second-order valence-electron chi connectivity index (χ2n) is 7.67. The Kier molecular flexibility index (Phi) is 4.23. The summed E-state index contributed by atoms with van der Waals surface area (Å²) in [6, 6.07) is 14.6. The monoisotopic (exact) mass is 381 g/mol. The van der Waals surface area contributed by atoms with Crippen LogP contribution < -0.4 is 4.74 Å². The SMILES string of the molecule is O=S1CCN2C(=N1)C1(COc3ccc(-c4ccccn4)cc3)CCC2CC1. The van der Waals surface area contributed by atoms with E-state index in [1.807, 2.05) is 42.5 Å². The van der Waals surface area contributed by atoms with Gasteiger partial charge in [0, 0.05) is 24.3 Å². The molecule has 4 heterocycles. The minimum Gasteiger partial charge on any atom is -0.493 e. The maximum atomic E-state index is 12.0. The lowest BCUT2D eigenvalue weighted by Crippen LogP contribution is -2.62. The minimum absolute atomic E-state index is 0.0789. The number of hydrogen-bond donors (Lipinski definition) is 0. The molecule has 3 fully saturated rings. The van der Waals surface area contributed by atoms with Crippen LogP contribution in [0.2, 0.25) is 0 Å². The number of aromatic nitrogens is 1. The van der Waals surface area contributed by atoms with Crippen LogP contribution in [-0.2, 0) is 11.0 Å². The van der Waals surface area contributed by atoms with Gasteiger partial charge in [0.25, 0.3) is 0 Å². The van der Waals surface area contributed by atoms with E-state index in [4.69, 9.17) is 4.74 Å². The van der Waals surface area contributed by atoms with Crippen LogP contribution >= 0.6 is 0 Å². The fraction of sp³-hybridized carbons (Fsp3) is 0.429. The van der Waals surface area contributed by atoms with Crippen molar-refractivity contribution in [1.29, 1.82) is 0 Å². The maximum Gasteiger partial charge on any atom is 0.142 e. The summed E-state index contributed by atoms with van der Waals surface area (Å²) in [6.45, 7) is 1.48. The second kappa shape index (κ2) is 6.75. The predicted molar refractivity (Wildman–Crippen MR) is 107 cm³/mol. The van der Waals surface area contributed by atoms with E-state index in [0.717, 1.165) is 42.2 Å². The highest BCUT2D eigenvalue weighted by Crippen LogP contribution is 2.47. The van der Waals surface area contributed by atoms with E-state index in [0.29, 0.717) is 18.4 Å². The molecule has 1 aliphatic carbocycles. The number of fused-ring (bicyclic) bond motifs is 2. The zero-order chi connectivity index (χ0) is 18.3. The molecule has 0 N–H and O–H groups in total. The Hall–Kier alpha value is -2.21. The summed E-state index contributed by atoms with van der Waals surface area (Å²) in [5.41, 5.74) is 1.96. The molecule has 5 nitrogen and oxygen atoms in total. The molecule has 6 rings (SSSR count). The van der Waals surface area contributed by atoms with Gasteiger partial charge in [-0.25, -0.2) is 4.21 Å². The average molecular weight is 382 g/mol. The van der Waals surface area contributed by atoms with Gasteiger partial charge in [-0.2, -0.15) is 4.40 Å². The third-order valence-electron chi connectivity index (χ3n) is 6.12. The van der Waals surface area contributed by atoms with Gasteiger partial charge < -0.3 is 9.64 Å². The van der Waals surface area contributed by atoms with Crippen molar-refractivity contribution in [3.63, 3.8) is 0 Å². The zero-order valence-electron chi connectivity index (χ0n) is 15.2. The fourth-order valence-electron chi connectivity index (χ4n) is 4.61. The van der Waals surface area contributed by atoms with Crippen LogP contribution in [0.1, 0.15) is 25.7 Å². The summed E-state index contributed by atoms with van der Waals surface area (Å²) in [5, 5.41) is 0. The molecule has 6 heteroatoms. The first-order valence-corrected chi connectivity index (χ1v) is 10.9. The van der Waals surface area contributed by atoms with E-state index in [9.17, 15) is 4.21 Å². The maximum absolute atomic E-state index is 12.0. The van der Waals surface area contributed by atoms with Crippen molar-refractivity contribution in [2.24, 2.45) is 9.81 Å². The van der Waals surface area contributed by atoms with Gasteiger partial charge in [-0.15, -0.1) is 0 Å². The van der Waals surface area contributed by atoms with Crippen LogP contribution in [0.5, 0.6) is 5.75 Å². The molecular weight excluding hydrogens is 358 g/mol. The molecule has 0 amide bonds. The third-order valence-corrected chi connectivity index (χ3v) is 7.03. The highest BCUT2D eigenvalue weighted by molar-refractivity contribution is 7.83. The normalized spacial score (nSPS) is 29.2. The largest absolute Gasteiger partial charge is 0.493 e. The number of piperidine rings is 2. The molecule has 1 aromatic carbocycles. The average Bonchev–Trinajstić information content (AvgIpc) is 2.74. The number of ether oxygens (including phenoxy) is 1. The lowest BCUT2D eigenvalue weighted by atomic mass is 9.67. The van der Waals surface area contributed by atoms with Gasteiger partial charge in [0.15, 0.2) is 0 Å². The predicted octanol–water partition coefficient (Wildman–Crippen LogP) is 3.45. The molecular formula is C21H23N3O2S. The van der Waals surface area contributed by atoms with Crippen molar-refractivity contribution < 1.29 is 8.95 Å². The Morgan fingerprint density at radius 2 is 1.96 bits per heavy atom. The van der Waals surface area contributed by atoms with Crippen LogP contribution in [0.15, 0.2) is 53.1 Å². The fourth-order valence-corrected chi connectivity index (χ4v) is 5.55. The van der Waals surface area contributed by atoms with Gasteiger partial charge in [0.05, 0.1) is 16.9 Å². The van der Waals surface area contributed by atoms with Crippen molar-refractivity contribution in [1.82, 2.24) is 9.88 Å². The molecule has 1 atom stereocenters. The molecule has 1 saturated carbocycles. The highest BCUT2D eigenvalue weighted by Gasteiger charge is 2.51. The first-order chi connectivity index (χ1) is 13.2. The van der Waals surface area contributed by atoms with Crippen molar-refractivity contribution in [2.45, 2.75) is 31.7 Å². The number of hydrogen-bond acceptors (Lipinski definition) is 4. The lowest BCUT2D eigenvalue weighted by molar-refractivity contribution is 0.0659. The third kappa shape index (κ3) is 3.06. The summed E-state index contributed by atoms with van der Waals surface area (Å²) in [7, 11) is -1.07. The quantitative estimate of drug-likeness (QED) is 0.814. The molecule has 1 unspecified atom stereocenters. The van der Waals surface area contributed by atoms with E-state index in [-0.39, 0.29) is 5.41 Å². The van der Waals surface area contributed by atoms with E-state index in [1.165, 1.54) is 12.8 Å².